The van der Waals surface area contributed by atoms with Crippen molar-refractivity contribution >= 4 is 23.3 Å². The number of rotatable bonds is 6. The Morgan fingerprint density at radius 2 is 1.87 bits per heavy atom. The summed E-state index contributed by atoms with van der Waals surface area (Å²) in [5, 5.41) is 10.3. The summed E-state index contributed by atoms with van der Waals surface area (Å²) in [7, 11) is 3.16. The molecular weight excluding hydrogens is 396 g/mol. The van der Waals surface area contributed by atoms with Gasteiger partial charge in [0, 0.05) is 5.56 Å². The second-order valence-corrected chi connectivity index (χ2v) is 7.44. The van der Waals surface area contributed by atoms with Crippen molar-refractivity contribution < 1.29 is 19.1 Å². The average Bonchev–Trinajstić information content (AvgIpc) is 3.22. The molecule has 0 aliphatic carbocycles. The lowest BCUT2D eigenvalue weighted by Crippen LogP contribution is -2.24. The van der Waals surface area contributed by atoms with Crippen LogP contribution in [-0.2, 0) is 9.59 Å². The molecule has 4 rings (SSSR count). The molecule has 1 atom stereocenters. The first-order valence-electron chi connectivity index (χ1n) is 9.90. The summed E-state index contributed by atoms with van der Waals surface area (Å²) < 4.78 is 12.1. The zero-order chi connectivity index (χ0) is 22.1. The van der Waals surface area contributed by atoms with Crippen LogP contribution in [0.5, 0.6) is 11.5 Å². The number of carbonyl (C=O) groups is 2. The van der Waals surface area contributed by atoms with E-state index in [4.69, 9.17) is 9.47 Å². The number of nitrogens with one attached hydrogen (secondary N) is 2. The van der Waals surface area contributed by atoms with Crippen molar-refractivity contribution in [2.24, 2.45) is 0 Å². The molecule has 0 saturated carbocycles. The normalized spacial score (nSPS) is 14.7. The van der Waals surface area contributed by atoms with Crippen molar-refractivity contribution in [3.8, 4) is 22.6 Å². The summed E-state index contributed by atoms with van der Waals surface area (Å²) in [6, 6.07) is 12.3. The molecule has 0 radical (unpaired) electrons. The molecule has 8 heteroatoms. The largest absolute Gasteiger partial charge is 0.497 e. The van der Waals surface area contributed by atoms with Crippen LogP contribution in [0.1, 0.15) is 23.7 Å². The molecule has 1 aromatic heterocycles. The molecular formula is C23H24N4O4. The number of amides is 2. The highest BCUT2D eigenvalue weighted by atomic mass is 16.5. The Labute approximate surface area is 180 Å². The lowest BCUT2D eigenvalue weighted by Gasteiger charge is -2.13. The lowest BCUT2D eigenvalue weighted by molar-refractivity contribution is -0.123. The Hall–Kier alpha value is -3.81. The molecule has 1 aliphatic heterocycles. The van der Waals surface area contributed by atoms with Crippen molar-refractivity contribution in [2.75, 3.05) is 24.9 Å². The van der Waals surface area contributed by atoms with Gasteiger partial charge in [0.25, 0.3) is 5.91 Å². The summed E-state index contributed by atoms with van der Waals surface area (Å²) in [6.07, 6.45) is -0.0426. The zero-order valence-electron chi connectivity index (χ0n) is 17.9. The second-order valence-electron chi connectivity index (χ2n) is 7.44. The minimum Gasteiger partial charge on any atom is -0.497 e. The number of nitrogens with zero attached hydrogens (tertiary/aromatic N) is 2. The van der Waals surface area contributed by atoms with E-state index in [2.05, 4.69) is 15.7 Å². The Balaban J connectivity index is 1.58. The first-order valence-corrected chi connectivity index (χ1v) is 9.90. The molecule has 2 heterocycles. The van der Waals surface area contributed by atoms with Gasteiger partial charge in [0.05, 0.1) is 32.0 Å². The number of fused-ring (bicyclic) bond motifs is 1. The maximum Gasteiger partial charge on any atom is 0.251 e. The van der Waals surface area contributed by atoms with Crippen LogP contribution in [0.25, 0.3) is 11.1 Å². The summed E-state index contributed by atoms with van der Waals surface area (Å²) in [4.78, 5) is 25.4. The molecule has 2 aromatic carbocycles. The van der Waals surface area contributed by atoms with Crippen molar-refractivity contribution in [1.29, 1.82) is 0 Å². The summed E-state index contributed by atoms with van der Waals surface area (Å²) >= 11 is 0. The van der Waals surface area contributed by atoms with Crippen molar-refractivity contribution in [1.82, 2.24) is 9.78 Å². The molecule has 0 spiro atoms. The third-order valence-electron chi connectivity index (χ3n) is 5.31. The van der Waals surface area contributed by atoms with Gasteiger partial charge in [-0.05, 0) is 49.2 Å². The monoisotopic (exact) mass is 420 g/mol. The van der Waals surface area contributed by atoms with Gasteiger partial charge < -0.3 is 20.1 Å². The molecule has 1 unspecified atom stereocenters. The molecule has 0 bridgehead atoms. The molecule has 160 valence electrons. The highest BCUT2D eigenvalue weighted by Gasteiger charge is 2.36. The quantitative estimate of drug-likeness (QED) is 0.634. The van der Waals surface area contributed by atoms with Crippen molar-refractivity contribution in [3.63, 3.8) is 0 Å². The van der Waals surface area contributed by atoms with Crippen LogP contribution in [0.4, 0.5) is 11.5 Å². The smallest absolute Gasteiger partial charge is 0.251 e. The summed E-state index contributed by atoms with van der Waals surface area (Å²) in [6.45, 7) is 3.81. The third kappa shape index (κ3) is 3.84. The number of benzene rings is 2. The van der Waals surface area contributed by atoms with Gasteiger partial charge in [0.1, 0.15) is 23.4 Å². The van der Waals surface area contributed by atoms with E-state index >= 15 is 0 Å². The third-order valence-corrected chi connectivity index (χ3v) is 5.31. The predicted octanol–water partition coefficient (Wildman–Crippen LogP) is 3.71. The van der Waals surface area contributed by atoms with Gasteiger partial charge in [-0.15, -0.1) is 0 Å². The fraction of sp³-hybridized carbons (Fsp3) is 0.261. The van der Waals surface area contributed by atoms with E-state index in [0.29, 0.717) is 17.3 Å². The van der Waals surface area contributed by atoms with Crippen LogP contribution in [0, 0.1) is 13.8 Å². The van der Waals surface area contributed by atoms with Gasteiger partial charge >= 0.3 is 0 Å². The lowest BCUT2D eigenvalue weighted by atomic mass is 10.1. The maximum absolute atomic E-state index is 12.7. The summed E-state index contributed by atoms with van der Waals surface area (Å²) in [5.74, 6) is 1.35. The highest BCUT2D eigenvalue weighted by molar-refractivity contribution is 6.04. The van der Waals surface area contributed by atoms with Crippen LogP contribution in [0.15, 0.2) is 42.5 Å². The number of ether oxygens (including phenoxy) is 2. The van der Waals surface area contributed by atoms with E-state index in [1.54, 1.807) is 25.0 Å². The maximum atomic E-state index is 12.7. The first kappa shape index (κ1) is 20.5. The topological polar surface area (TPSA) is 94.5 Å². The molecule has 0 saturated heterocycles. The Morgan fingerprint density at radius 3 is 2.55 bits per heavy atom. The van der Waals surface area contributed by atoms with Crippen LogP contribution < -0.4 is 20.1 Å². The molecule has 31 heavy (non-hydrogen) atoms. The molecule has 1 aliphatic rings. The van der Waals surface area contributed by atoms with E-state index in [0.717, 1.165) is 28.1 Å². The highest BCUT2D eigenvalue weighted by Crippen LogP contribution is 2.39. The zero-order valence-corrected chi connectivity index (χ0v) is 17.9. The van der Waals surface area contributed by atoms with Gasteiger partial charge in [0.15, 0.2) is 0 Å². The Bertz CT molecular complexity index is 1150. The standard InChI is InChI=1S/C23H24N4O4/c1-13-5-10-19(31-4)17(11-13)24-20(28)12-18-23(29)25-22-21(14(2)26-27(18)22)15-6-8-16(30-3)9-7-15/h5-11,18H,12H2,1-4H3,(H,24,28)(H,25,29). The SMILES string of the molecule is COc1ccc(-c2c(C)nn3c2NC(=O)C3CC(=O)Nc2cc(C)ccc2OC)cc1. The number of hydrogen-bond donors (Lipinski definition) is 2. The van der Waals surface area contributed by atoms with Gasteiger partial charge in [-0.1, -0.05) is 18.2 Å². The molecule has 0 fully saturated rings. The Kier molecular flexibility index (Phi) is 5.37. The number of aromatic nitrogens is 2. The van der Waals surface area contributed by atoms with Gasteiger partial charge in [-0.2, -0.15) is 5.10 Å². The molecule has 3 aromatic rings. The number of carbonyl (C=O) groups excluding carboxylic acids is 2. The van der Waals surface area contributed by atoms with E-state index < -0.39 is 6.04 Å². The van der Waals surface area contributed by atoms with Crippen LogP contribution >= 0.6 is 0 Å². The van der Waals surface area contributed by atoms with Crippen LogP contribution in [0.3, 0.4) is 0 Å². The average molecular weight is 420 g/mol. The fourth-order valence-corrected chi connectivity index (χ4v) is 3.78. The second kappa shape index (κ2) is 8.14. The number of anilines is 2. The van der Waals surface area contributed by atoms with Gasteiger partial charge in [-0.3, -0.25) is 9.59 Å². The van der Waals surface area contributed by atoms with Crippen molar-refractivity contribution in [2.45, 2.75) is 26.3 Å². The number of aryl methyl sites for hydroxylation is 2. The fourth-order valence-electron chi connectivity index (χ4n) is 3.78. The Morgan fingerprint density at radius 1 is 1.13 bits per heavy atom. The van der Waals surface area contributed by atoms with Gasteiger partial charge in [-0.25, -0.2) is 4.68 Å². The minimum atomic E-state index is -0.725. The van der Waals surface area contributed by atoms with Crippen molar-refractivity contribution in [3.05, 3.63) is 53.7 Å². The van der Waals surface area contributed by atoms with E-state index in [1.165, 1.54) is 0 Å². The predicted molar refractivity (Wildman–Crippen MR) is 118 cm³/mol. The first-order chi connectivity index (χ1) is 14.9. The molecule has 2 amide bonds. The van der Waals surface area contributed by atoms with E-state index in [1.807, 2.05) is 50.2 Å². The number of hydrogen-bond acceptors (Lipinski definition) is 5. The number of methoxy groups -OCH3 is 2. The summed E-state index contributed by atoms with van der Waals surface area (Å²) in [5.41, 5.74) is 4.07. The van der Waals surface area contributed by atoms with E-state index in [-0.39, 0.29) is 18.2 Å². The van der Waals surface area contributed by atoms with Crippen LogP contribution in [0.2, 0.25) is 0 Å². The molecule has 8 nitrogen and oxygen atoms in total. The van der Waals surface area contributed by atoms with Gasteiger partial charge in [0.2, 0.25) is 5.91 Å². The van der Waals surface area contributed by atoms with Crippen LogP contribution in [-0.4, -0.2) is 35.8 Å². The molecule has 2 N–H and O–H groups in total. The minimum absolute atomic E-state index is 0.0426. The van der Waals surface area contributed by atoms with E-state index in [9.17, 15) is 9.59 Å².